The minimum atomic E-state index is -0.00932. The van der Waals surface area contributed by atoms with Crippen LogP contribution in [0.25, 0.3) is 78.1 Å². The lowest BCUT2D eigenvalue weighted by Crippen LogP contribution is -2.28. The highest BCUT2D eigenvalue weighted by molar-refractivity contribution is 6.07. The summed E-state index contributed by atoms with van der Waals surface area (Å²) in [6.45, 7) is 4.79. The van der Waals surface area contributed by atoms with E-state index in [1.54, 1.807) is 5.56 Å². The zero-order valence-electron chi connectivity index (χ0n) is 29.5. The van der Waals surface area contributed by atoms with Gasteiger partial charge in [-0.15, -0.1) is 0 Å². The van der Waals surface area contributed by atoms with Crippen LogP contribution < -0.4 is 0 Å². The number of furan rings is 1. The van der Waals surface area contributed by atoms with Crippen molar-refractivity contribution in [3.63, 3.8) is 0 Å². The molecule has 1 spiro atoms. The Kier molecular flexibility index (Phi) is 6.24. The van der Waals surface area contributed by atoms with Crippen LogP contribution in [0.5, 0.6) is 0 Å². The summed E-state index contributed by atoms with van der Waals surface area (Å²) in [4.78, 5) is 10.1. The van der Waals surface area contributed by atoms with Crippen molar-refractivity contribution < 1.29 is 4.42 Å². The highest BCUT2D eigenvalue weighted by atomic mass is 16.3. The molecule has 8 aromatic rings. The molecule has 0 saturated heterocycles. The van der Waals surface area contributed by atoms with Gasteiger partial charge in [-0.05, 0) is 98.8 Å². The Morgan fingerprint density at radius 1 is 0.500 bits per heavy atom. The molecule has 6 aromatic carbocycles. The van der Waals surface area contributed by atoms with E-state index < -0.39 is 0 Å². The molecule has 0 bridgehead atoms. The number of para-hydroxylation sites is 1. The van der Waals surface area contributed by atoms with Gasteiger partial charge in [0, 0.05) is 27.3 Å². The van der Waals surface area contributed by atoms with Crippen LogP contribution in [0.3, 0.4) is 0 Å². The van der Waals surface area contributed by atoms with Crippen molar-refractivity contribution in [2.45, 2.75) is 56.8 Å². The zero-order chi connectivity index (χ0) is 34.6. The molecule has 0 atom stereocenters. The molecule has 2 aromatic heterocycles. The fourth-order valence-electron chi connectivity index (χ4n) is 9.88. The molecular formula is C49H38N2O. The molecule has 2 heterocycles. The number of nitrogens with zero attached hydrogens (tertiary/aromatic N) is 2. The van der Waals surface area contributed by atoms with Crippen molar-refractivity contribution in [1.29, 1.82) is 0 Å². The van der Waals surface area contributed by atoms with E-state index in [-0.39, 0.29) is 10.8 Å². The molecule has 3 heteroatoms. The minimum absolute atomic E-state index is 0.00932. The van der Waals surface area contributed by atoms with Gasteiger partial charge in [0.2, 0.25) is 0 Å². The summed E-state index contributed by atoms with van der Waals surface area (Å²) >= 11 is 0. The maximum absolute atomic E-state index is 6.42. The third-order valence-corrected chi connectivity index (χ3v) is 12.5. The Morgan fingerprint density at radius 2 is 1.15 bits per heavy atom. The van der Waals surface area contributed by atoms with E-state index in [9.17, 15) is 0 Å². The predicted molar refractivity (Wildman–Crippen MR) is 212 cm³/mol. The van der Waals surface area contributed by atoms with Crippen molar-refractivity contribution in [3.8, 4) is 56.0 Å². The minimum Gasteiger partial charge on any atom is -0.452 e. The zero-order valence-corrected chi connectivity index (χ0v) is 29.5. The fraction of sp³-hybridized carbons (Fsp3) is 0.184. The molecule has 250 valence electrons. The standard InChI is InChI=1S/C49H38N2O/c1-48(2)39-17-9-7-15-34(39)37-29-42-38(28-40(37)48)35-24-23-33(27-41(35)49(42)25-11-4-12-26-49)30-19-21-31(22-20-30)44-46-45(36-16-8-10-18-43(36)52-46)51-47(50-44)32-13-5-3-6-14-32/h3,5-10,13-24,27-29H,4,11-12,25-26H2,1-2H3. The van der Waals surface area contributed by atoms with Crippen LogP contribution in [-0.4, -0.2) is 9.97 Å². The van der Waals surface area contributed by atoms with Gasteiger partial charge >= 0.3 is 0 Å². The number of aromatic nitrogens is 2. The van der Waals surface area contributed by atoms with Crippen molar-refractivity contribution in [3.05, 3.63) is 156 Å². The second-order valence-electron chi connectivity index (χ2n) is 15.6. The van der Waals surface area contributed by atoms with Gasteiger partial charge in [-0.3, -0.25) is 0 Å². The van der Waals surface area contributed by atoms with Crippen LogP contribution in [0.1, 0.15) is 68.2 Å². The monoisotopic (exact) mass is 670 g/mol. The Balaban J connectivity index is 1.03. The molecule has 0 amide bonds. The molecule has 3 aliphatic carbocycles. The molecule has 3 aliphatic rings. The summed E-state index contributed by atoms with van der Waals surface area (Å²) in [6, 6.07) is 48.7. The van der Waals surface area contributed by atoms with Crippen LogP contribution >= 0.6 is 0 Å². The molecule has 1 saturated carbocycles. The average molecular weight is 671 g/mol. The van der Waals surface area contributed by atoms with Gasteiger partial charge in [0.15, 0.2) is 11.4 Å². The SMILES string of the molecule is CC1(C)c2ccccc2-c2cc3c(cc21)-c1ccc(-c2ccc(-c4nc(-c5ccccc5)nc5c4oc4ccccc45)cc2)cc1C31CCCCC1. The summed E-state index contributed by atoms with van der Waals surface area (Å²) in [5.74, 6) is 0.701. The van der Waals surface area contributed by atoms with Gasteiger partial charge in [-0.25, -0.2) is 9.97 Å². The van der Waals surface area contributed by atoms with E-state index in [0.29, 0.717) is 5.82 Å². The number of benzene rings is 6. The van der Waals surface area contributed by atoms with Crippen LogP contribution in [0.2, 0.25) is 0 Å². The maximum atomic E-state index is 6.42. The normalized spacial score (nSPS) is 16.2. The first-order valence-electron chi connectivity index (χ1n) is 18.8. The quantitative estimate of drug-likeness (QED) is 0.188. The van der Waals surface area contributed by atoms with Crippen molar-refractivity contribution in [2.24, 2.45) is 0 Å². The van der Waals surface area contributed by atoms with Crippen LogP contribution in [0.4, 0.5) is 0 Å². The smallest absolute Gasteiger partial charge is 0.180 e. The second kappa shape index (κ2) is 10.9. The molecule has 0 unspecified atom stereocenters. The van der Waals surface area contributed by atoms with E-state index in [2.05, 4.69) is 111 Å². The molecule has 0 aliphatic heterocycles. The van der Waals surface area contributed by atoms with E-state index >= 15 is 0 Å². The molecule has 52 heavy (non-hydrogen) atoms. The van der Waals surface area contributed by atoms with Gasteiger partial charge in [-0.2, -0.15) is 0 Å². The fourth-order valence-corrected chi connectivity index (χ4v) is 9.88. The van der Waals surface area contributed by atoms with Crippen molar-refractivity contribution in [1.82, 2.24) is 9.97 Å². The number of rotatable bonds is 3. The Bertz CT molecular complexity index is 2730. The largest absolute Gasteiger partial charge is 0.452 e. The Hall–Kier alpha value is -5.80. The van der Waals surface area contributed by atoms with Crippen molar-refractivity contribution >= 4 is 22.1 Å². The number of fused-ring (bicyclic) bond motifs is 11. The van der Waals surface area contributed by atoms with Gasteiger partial charge in [-0.1, -0.05) is 136 Å². The van der Waals surface area contributed by atoms with Gasteiger partial charge in [0.25, 0.3) is 0 Å². The lowest BCUT2D eigenvalue weighted by atomic mass is 9.67. The summed E-state index contributed by atoms with van der Waals surface area (Å²) in [6.07, 6.45) is 6.30. The molecule has 0 N–H and O–H groups in total. The lowest BCUT2D eigenvalue weighted by Gasteiger charge is -2.36. The van der Waals surface area contributed by atoms with E-state index in [1.165, 1.54) is 82.2 Å². The maximum Gasteiger partial charge on any atom is 0.180 e. The third-order valence-electron chi connectivity index (χ3n) is 12.5. The first-order valence-corrected chi connectivity index (χ1v) is 18.8. The molecule has 3 nitrogen and oxygen atoms in total. The van der Waals surface area contributed by atoms with Crippen LogP contribution in [-0.2, 0) is 10.8 Å². The van der Waals surface area contributed by atoms with E-state index in [4.69, 9.17) is 14.4 Å². The Morgan fingerprint density at radius 3 is 2.00 bits per heavy atom. The average Bonchev–Trinajstić information content (AvgIpc) is 3.78. The summed E-state index contributed by atoms with van der Waals surface area (Å²) in [5, 5.41) is 1.00. The van der Waals surface area contributed by atoms with Gasteiger partial charge < -0.3 is 4.42 Å². The summed E-state index contributed by atoms with van der Waals surface area (Å²) < 4.78 is 6.42. The van der Waals surface area contributed by atoms with Crippen LogP contribution in [0, 0.1) is 0 Å². The van der Waals surface area contributed by atoms with E-state index in [0.717, 1.165) is 38.9 Å². The van der Waals surface area contributed by atoms with Crippen LogP contribution in [0.15, 0.2) is 138 Å². The van der Waals surface area contributed by atoms with Crippen molar-refractivity contribution in [2.75, 3.05) is 0 Å². The predicted octanol–water partition coefficient (Wildman–Crippen LogP) is 12.9. The molecule has 1 fully saturated rings. The lowest BCUT2D eigenvalue weighted by molar-refractivity contribution is 0.353. The third kappa shape index (κ3) is 4.14. The highest BCUT2D eigenvalue weighted by Gasteiger charge is 2.46. The topological polar surface area (TPSA) is 38.9 Å². The first-order chi connectivity index (χ1) is 25.5. The second-order valence-corrected chi connectivity index (χ2v) is 15.6. The number of hydrogen-bond acceptors (Lipinski definition) is 3. The molecule has 0 radical (unpaired) electrons. The first kappa shape index (κ1) is 29.9. The highest BCUT2D eigenvalue weighted by Crippen LogP contribution is 2.60. The molecular weight excluding hydrogens is 633 g/mol. The summed E-state index contributed by atoms with van der Waals surface area (Å²) in [5.41, 5.74) is 19.4. The number of hydrogen-bond donors (Lipinski definition) is 0. The summed E-state index contributed by atoms with van der Waals surface area (Å²) in [7, 11) is 0. The Labute approximate surface area is 304 Å². The van der Waals surface area contributed by atoms with Gasteiger partial charge in [0.1, 0.15) is 16.8 Å². The molecule has 11 rings (SSSR count). The van der Waals surface area contributed by atoms with E-state index in [1.807, 2.05) is 36.4 Å². The van der Waals surface area contributed by atoms with Gasteiger partial charge in [0.05, 0.1) is 0 Å².